The van der Waals surface area contributed by atoms with Gasteiger partial charge in [-0.2, -0.15) is 0 Å². The van der Waals surface area contributed by atoms with Crippen LogP contribution in [0.2, 0.25) is 0 Å². The second kappa shape index (κ2) is 7.07. The third kappa shape index (κ3) is 4.72. The maximum atomic E-state index is 11.8. The molecule has 0 aromatic carbocycles. The van der Waals surface area contributed by atoms with Gasteiger partial charge in [0.1, 0.15) is 0 Å². The van der Waals surface area contributed by atoms with Gasteiger partial charge in [-0.15, -0.1) is 11.3 Å². The van der Waals surface area contributed by atoms with Crippen LogP contribution in [0.3, 0.4) is 0 Å². The van der Waals surface area contributed by atoms with E-state index >= 15 is 0 Å². The summed E-state index contributed by atoms with van der Waals surface area (Å²) in [6.45, 7) is 3.83. The zero-order valence-corrected chi connectivity index (χ0v) is 11.7. The van der Waals surface area contributed by atoms with Crippen LogP contribution in [0.1, 0.15) is 11.8 Å². The van der Waals surface area contributed by atoms with Crippen molar-refractivity contribution in [1.29, 1.82) is 0 Å². The fourth-order valence-corrected chi connectivity index (χ4v) is 3.54. The summed E-state index contributed by atoms with van der Waals surface area (Å²) >= 11 is 1.43. The summed E-state index contributed by atoms with van der Waals surface area (Å²) in [4.78, 5) is 1.32. The van der Waals surface area contributed by atoms with Crippen molar-refractivity contribution in [2.45, 2.75) is 18.4 Å². The predicted molar refractivity (Wildman–Crippen MR) is 68.8 cm³/mol. The number of sulfonamides is 1. The van der Waals surface area contributed by atoms with Gasteiger partial charge < -0.3 is 10.1 Å². The molecule has 98 valence electrons. The van der Waals surface area contributed by atoms with Gasteiger partial charge in [0, 0.05) is 30.0 Å². The van der Waals surface area contributed by atoms with E-state index in [1.54, 1.807) is 11.4 Å². The fraction of sp³-hybridized carbons (Fsp3) is 0.600. The maximum Gasteiger partial charge on any atom is 0.241 e. The fourth-order valence-electron chi connectivity index (χ4n) is 1.24. The molecular weight excluding hydrogens is 260 g/mol. The monoisotopic (exact) mass is 278 g/mol. The largest absolute Gasteiger partial charge is 0.380 e. The minimum absolute atomic E-state index is 0.299. The molecule has 1 rings (SSSR count). The van der Waals surface area contributed by atoms with E-state index in [0.29, 0.717) is 31.2 Å². The number of hydrogen-bond acceptors (Lipinski definition) is 5. The van der Waals surface area contributed by atoms with E-state index in [4.69, 9.17) is 4.74 Å². The average molecular weight is 278 g/mol. The number of hydrogen-bond donors (Lipinski definition) is 2. The summed E-state index contributed by atoms with van der Waals surface area (Å²) in [5.41, 5.74) is 0. The van der Waals surface area contributed by atoms with Gasteiger partial charge in [-0.05, 0) is 20.0 Å². The molecule has 0 saturated heterocycles. The third-order valence-corrected chi connectivity index (χ3v) is 4.56. The van der Waals surface area contributed by atoms with Crippen molar-refractivity contribution in [1.82, 2.24) is 10.0 Å². The first kappa shape index (κ1) is 14.6. The molecule has 1 heterocycles. The molecule has 0 aliphatic carbocycles. The van der Waals surface area contributed by atoms with Crippen molar-refractivity contribution in [2.75, 3.05) is 26.8 Å². The molecule has 1 aromatic heterocycles. The van der Waals surface area contributed by atoms with Crippen LogP contribution in [0.5, 0.6) is 0 Å². The summed E-state index contributed by atoms with van der Waals surface area (Å²) in [6, 6.07) is 1.68. The second-order valence-corrected chi connectivity index (χ2v) is 6.14. The number of thiophene rings is 1. The van der Waals surface area contributed by atoms with Crippen LogP contribution in [-0.2, 0) is 21.3 Å². The minimum Gasteiger partial charge on any atom is -0.380 e. The van der Waals surface area contributed by atoms with Crippen LogP contribution >= 0.6 is 11.3 Å². The van der Waals surface area contributed by atoms with Gasteiger partial charge in [0.15, 0.2) is 0 Å². The molecule has 1 aromatic rings. The molecule has 5 nitrogen and oxygen atoms in total. The summed E-state index contributed by atoms with van der Waals surface area (Å²) in [6.07, 6.45) is 0. The van der Waals surface area contributed by atoms with Crippen LogP contribution in [-0.4, -0.2) is 35.2 Å². The van der Waals surface area contributed by atoms with Crippen molar-refractivity contribution in [2.24, 2.45) is 0 Å². The van der Waals surface area contributed by atoms with Crippen LogP contribution in [0, 0.1) is 0 Å². The van der Waals surface area contributed by atoms with E-state index in [2.05, 4.69) is 10.0 Å². The summed E-state index contributed by atoms with van der Waals surface area (Å²) < 4.78 is 31.2. The lowest BCUT2D eigenvalue weighted by atomic mass is 10.5. The zero-order valence-electron chi connectivity index (χ0n) is 10.0. The smallest absolute Gasteiger partial charge is 0.241 e. The Hall–Kier alpha value is -0.470. The molecule has 0 saturated carbocycles. The van der Waals surface area contributed by atoms with Gasteiger partial charge in [0.05, 0.1) is 11.5 Å². The lowest BCUT2D eigenvalue weighted by Gasteiger charge is -2.04. The highest BCUT2D eigenvalue weighted by atomic mass is 32.2. The summed E-state index contributed by atoms with van der Waals surface area (Å²) in [5, 5.41) is 4.63. The van der Waals surface area contributed by atoms with E-state index in [9.17, 15) is 8.42 Å². The molecule has 0 radical (unpaired) electrons. The van der Waals surface area contributed by atoms with Gasteiger partial charge in [-0.1, -0.05) is 0 Å². The Kier molecular flexibility index (Phi) is 6.07. The van der Waals surface area contributed by atoms with E-state index < -0.39 is 10.0 Å². The molecule has 0 bridgehead atoms. The average Bonchev–Trinajstić information content (AvgIpc) is 2.74. The van der Waals surface area contributed by atoms with Gasteiger partial charge in [0.25, 0.3) is 0 Å². The lowest BCUT2D eigenvalue weighted by Crippen LogP contribution is -2.27. The van der Waals surface area contributed by atoms with E-state index in [-0.39, 0.29) is 0 Å². The van der Waals surface area contributed by atoms with E-state index in [0.717, 1.165) is 4.88 Å². The Labute approximate surface area is 106 Å². The van der Waals surface area contributed by atoms with Crippen molar-refractivity contribution in [3.8, 4) is 0 Å². The highest BCUT2D eigenvalue weighted by Gasteiger charge is 2.15. The molecule has 0 amide bonds. The molecule has 0 aliphatic heterocycles. The van der Waals surface area contributed by atoms with Crippen molar-refractivity contribution < 1.29 is 13.2 Å². The molecule has 0 aliphatic rings. The Morgan fingerprint density at radius 2 is 2.24 bits per heavy atom. The Balaban J connectivity index is 2.56. The Morgan fingerprint density at radius 1 is 1.47 bits per heavy atom. The molecule has 2 N–H and O–H groups in total. The Bertz CT molecular complexity index is 429. The summed E-state index contributed by atoms with van der Waals surface area (Å²) in [5.74, 6) is 0. The molecule has 0 atom stereocenters. The highest BCUT2D eigenvalue weighted by molar-refractivity contribution is 7.89. The molecule has 7 heteroatoms. The van der Waals surface area contributed by atoms with Gasteiger partial charge in [0.2, 0.25) is 10.0 Å². The standard InChI is InChI=1S/C10H18N2O3S2/c1-3-15-5-4-12-17(13,14)10-6-9(7-11-2)16-8-10/h6,8,11-12H,3-5,7H2,1-2H3. The van der Waals surface area contributed by atoms with Crippen LogP contribution in [0.15, 0.2) is 16.3 Å². The SMILES string of the molecule is CCOCCNS(=O)(=O)c1csc(CNC)c1. The molecule has 0 spiro atoms. The number of ether oxygens (including phenoxy) is 1. The van der Waals surface area contributed by atoms with Crippen molar-refractivity contribution in [3.05, 3.63) is 16.3 Å². The van der Waals surface area contributed by atoms with Crippen LogP contribution in [0.25, 0.3) is 0 Å². The summed E-state index contributed by atoms with van der Waals surface area (Å²) in [7, 11) is -1.56. The minimum atomic E-state index is -3.39. The van der Waals surface area contributed by atoms with Crippen LogP contribution in [0.4, 0.5) is 0 Å². The normalized spacial score (nSPS) is 11.9. The quantitative estimate of drug-likeness (QED) is 0.690. The van der Waals surface area contributed by atoms with Crippen molar-refractivity contribution in [3.63, 3.8) is 0 Å². The van der Waals surface area contributed by atoms with E-state index in [1.807, 2.05) is 14.0 Å². The molecule has 0 fully saturated rings. The van der Waals surface area contributed by atoms with Crippen molar-refractivity contribution >= 4 is 21.4 Å². The molecule has 0 unspecified atom stereocenters. The molecule has 17 heavy (non-hydrogen) atoms. The third-order valence-electron chi connectivity index (χ3n) is 2.03. The second-order valence-electron chi connectivity index (χ2n) is 3.37. The highest BCUT2D eigenvalue weighted by Crippen LogP contribution is 2.18. The zero-order chi connectivity index (χ0) is 12.7. The van der Waals surface area contributed by atoms with Gasteiger partial charge >= 0.3 is 0 Å². The Morgan fingerprint density at radius 3 is 2.88 bits per heavy atom. The maximum absolute atomic E-state index is 11.8. The van der Waals surface area contributed by atoms with Gasteiger partial charge in [-0.3, -0.25) is 0 Å². The predicted octanol–water partition coefficient (Wildman–Crippen LogP) is 0.782. The van der Waals surface area contributed by atoms with Gasteiger partial charge in [-0.25, -0.2) is 13.1 Å². The van der Waals surface area contributed by atoms with Crippen LogP contribution < -0.4 is 10.0 Å². The first-order valence-corrected chi connectivity index (χ1v) is 7.76. The first-order valence-electron chi connectivity index (χ1n) is 5.39. The molecular formula is C10H18N2O3S2. The number of rotatable bonds is 8. The lowest BCUT2D eigenvalue weighted by molar-refractivity contribution is 0.153. The van der Waals surface area contributed by atoms with E-state index in [1.165, 1.54) is 11.3 Å². The first-order chi connectivity index (χ1) is 8.10. The number of nitrogens with one attached hydrogen (secondary N) is 2. The topological polar surface area (TPSA) is 67.4 Å².